The molecule has 15 nitrogen and oxygen atoms in total. The van der Waals surface area contributed by atoms with E-state index in [1.165, 1.54) is 0 Å². The Hall–Kier alpha value is 6.04. The van der Waals surface area contributed by atoms with Gasteiger partial charge < -0.3 is 45.5 Å². The zero-order valence-corrected chi connectivity index (χ0v) is 23.7. The van der Waals surface area contributed by atoms with Gasteiger partial charge in [-0.1, -0.05) is 0 Å². The maximum Gasteiger partial charge on any atom is 3.00 e. The first kappa shape index (κ1) is 57.2. The molecule has 0 bridgehead atoms. The zero-order chi connectivity index (χ0) is 17.9. The minimum absolute atomic E-state index is 0. The molecule has 0 aromatic rings. The van der Waals surface area contributed by atoms with E-state index in [0.29, 0.717) is 0 Å². The summed E-state index contributed by atoms with van der Waals surface area (Å²) in [6.45, 7) is 0. The predicted molar refractivity (Wildman–Crippen MR) is 60.0 cm³/mol. The molecule has 24 heavy (non-hydrogen) atoms. The molecule has 0 unspecified atom stereocenters. The van der Waals surface area contributed by atoms with Crippen LogP contribution in [0.1, 0.15) is 0 Å². The van der Waals surface area contributed by atoms with Gasteiger partial charge in [0.15, 0.2) is 0 Å². The molecule has 0 heterocycles. The second-order valence-corrected chi connectivity index (χ2v) is 3.06. The summed E-state index contributed by atoms with van der Waals surface area (Å²) in [6, 6.07) is 0. The fraction of sp³-hybridized carbons (Fsp3) is 0. The van der Waals surface area contributed by atoms with Gasteiger partial charge in [-0.2, -0.15) is 0 Å². The van der Waals surface area contributed by atoms with Crippen LogP contribution in [0, 0.1) is 98.8 Å². The summed E-state index contributed by atoms with van der Waals surface area (Å²) in [4.78, 5) is 0. The smallest absolute Gasteiger partial charge is 0.784 e. The Bertz CT molecular complexity index is 221. The Balaban J connectivity index is -0.0000000161. The molecule has 0 aromatic heterocycles. The molecule has 0 aliphatic rings. The SMILES string of the molecule is O=S([O-])[O-].O=S([O-])[O-].O=S([O-])[O-].O=S([O-])[O-].O=S([O-])[O-].[Ca+2].[Ca+2].[Eu+3].[Eu+3]. The molecular formula is Ca2Eu2O15S5. The van der Waals surface area contributed by atoms with Gasteiger partial charge >= 0.3 is 174 Å². The monoisotopic (exact) mass is 786 g/mol. The Kier molecular flexibility index (Phi) is 123. The maximum absolute atomic E-state index is 8.44. The minimum Gasteiger partial charge on any atom is -0.784 e. The third-order valence-corrected chi connectivity index (χ3v) is 0. The summed E-state index contributed by atoms with van der Waals surface area (Å²) in [6.07, 6.45) is 0. The molecule has 0 radical (unpaired) electrons. The Morgan fingerprint density at radius 1 is 0.333 bits per heavy atom. The van der Waals surface area contributed by atoms with Gasteiger partial charge in [-0.25, -0.2) is 0 Å². The summed E-state index contributed by atoms with van der Waals surface area (Å²) in [5.74, 6) is 0. The predicted octanol–water partition coefficient (Wildman–Crippen LogP) is -5.78. The number of hydrogen-bond donors (Lipinski definition) is 0. The molecule has 0 N–H and O–H groups in total. The van der Waals surface area contributed by atoms with Crippen molar-refractivity contribution in [1.82, 2.24) is 0 Å². The molecule has 24 heteroatoms. The summed E-state index contributed by atoms with van der Waals surface area (Å²) in [5.41, 5.74) is 0. The van der Waals surface area contributed by atoms with Gasteiger partial charge in [-0.05, 0) is 0 Å². The van der Waals surface area contributed by atoms with Crippen LogP contribution in [0.3, 0.4) is 0 Å². The summed E-state index contributed by atoms with van der Waals surface area (Å²) in [5, 5.41) is 0. The van der Waals surface area contributed by atoms with Crippen molar-refractivity contribution in [3.63, 3.8) is 0 Å². The van der Waals surface area contributed by atoms with Crippen LogP contribution in [-0.2, 0) is 56.8 Å². The van der Waals surface area contributed by atoms with Crippen molar-refractivity contribution in [3.8, 4) is 0 Å². The van der Waals surface area contributed by atoms with Gasteiger partial charge in [0.05, 0.1) is 0 Å². The Labute approximate surface area is 290 Å². The van der Waals surface area contributed by atoms with Crippen molar-refractivity contribution in [2.24, 2.45) is 0 Å². The van der Waals surface area contributed by atoms with Crippen LogP contribution < -0.4 is 0 Å². The molecule has 0 aliphatic heterocycles. The van der Waals surface area contributed by atoms with E-state index in [0.717, 1.165) is 0 Å². The minimum atomic E-state index is -3.11. The second-order valence-electron chi connectivity index (χ2n) is 1.02. The topological polar surface area (TPSA) is 316 Å². The van der Waals surface area contributed by atoms with E-state index < -0.39 is 56.8 Å². The molecule has 0 saturated carbocycles. The Morgan fingerprint density at radius 3 is 0.333 bits per heavy atom. The van der Waals surface area contributed by atoms with Crippen LogP contribution in [0.2, 0.25) is 0 Å². The standard InChI is InChI=1S/2Ca.2Eu.5H2O3S/c;;;;5*1-4(2)3/h;;;;5*(H2,1,2,3)/q2*+2;2*+3;;;;;/p-10. The Morgan fingerprint density at radius 2 is 0.333 bits per heavy atom. The van der Waals surface area contributed by atoms with Crippen molar-refractivity contribution in [2.45, 2.75) is 0 Å². The van der Waals surface area contributed by atoms with Gasteiger partial charge in [0.2, 0.25) is 0 Å². The second kappa shape index (κ2) is 51.6. The third-order valence-electron chi connectivity index (χ3n) is 0. The quantitative estimate of drug-likeness (QED) is 0.163. The summed E-state index contributed by atoms with van der Waals surface area (Å²) >= 11 is -15.6. The molecule has 0 rings (SSSR count). The molecule has 0 aliphatic carbocycles. The molecular weight excluding hydrogens is 784 g/mol. The van der Waals surface area contributed by atoms with Crippen molar-refractivity contribution in [2.75, 3.05) is 0 Å². The molecule has 0 aromatic carbocycles. The fourth-order valence-corrected chi connectivity index (χ4v) is 0. The van der Waals surface area contributed by atoms with Crippen LogP contribution in [0.5, 0.6) is 0 Å². The van der Waals surface area contributed by atoms with E-state index in [2.05, 4.69) is 0 Å². The number of rotatable bonds is 0. The number of hydrogen-bond acceptors (Lipinski definition) is 15. The van der Waals surface area contributed by atoms with Crippen molar-refractivity contribution >= 4 is 132 Å². The van der Waals surface area contributed by atoms with Crippen molar-refractivity contribution < 1.29 is 165 Å². The largest absolute Gasteiger partial charge is 3.00 e. The fourth-order valence-electron chi connectivity index (χ4n) is 0. The first-order valence-corrected chi connectivity index (χ1v) is 7.50. The van der Waals surface area contributed by atoms with Crippen LogP contribution >= 0.6 is 0 Å². The molecule has 0 amide bonds. The van der Waals surface area contributed by atoms with E-state index in [4.69, 9.17) is 66.6 Å². The van der Waals surface area contributed by atoms with E-state index in [1.807, 2.05) is 0 Å². The summed E-state index contributed by atoms with van der Waals surface area (Å²) in [7, 11) is 0. The average molecular weight is 784 g/mol. The van der Waals surface area contributed by atoms with Gasteiger partial charge in [-0.15, -0.1) is 56.8 Å². The van der Waals surface area contributed by atoms with E-state index in [-0.39, 0.29) is 174 Å². The van der Waals surface area contributed by atoms with E-state index in [9.17, 15) is 0 Å². The molecule has 0 fully saturated rings. The maximum atomic E-state index is 8.44. The third kappa shape index (κ3) is 562. The van der Waals surface area contributed by atoms with Crippen LogP contribution in [-0.4, -0.2) is 142 Å². The normalized spacial score (nSPS) is 7.29. The molecule has 0 atom stereocenters. The van der Waals surface area contributed by atoms with Crippen LogP contribution in [0.15, 0.2) is 0 Å². The molecule has 138 valence electrons. The first-order valence-electron chi connectivity index (χ1n) is 2.50. The van der Waals surface area contributed by atoms with Gasteiger partial charge in [0.1, 0.15) is 0 Å². The average Bonchev–Trinajstić information content (AvgIpc) is 1.94. The van der Waals surface area contributed by atoms with Crippen LogP contribution in [0.4, 0.5) is 0 Å². The summed E-state index contributed by atoms with van der Waals surface area (Å²) < 4.78 is 127. The van der Waals surface area contributed by atoms with E-state index >= 15 is 0 Å². The van der Waals surface area contributed by atoms with Crippen LogP contribution in [0.25, 0.3) is 0 Å². The first-order chi connectivity index (χ1) is 8.66. The van der Waals surface area contributed by atoms with Gasteiger partial charge in [0, 0.05) is 0 Å². The zero-order valence-electron chi connectivity index (χ0n) is 10.3. The molecule has 0 spiro atoms. The van der Waals surface area contributed by atoms with E-state index in [1.54, 1.807) is 0 Å². The van der Waals surface area contributed by atoms with Crippen molar-refractivity contribution in [1.29, 1.82) is 0 Å². The molecule has 0 saturated heterocycles. The van der Waals surface area contributed by atoms with Gasteiger partial charge in [-0.3, -0.25) is 21.0 Å². The van der Waals surface area contributed by atoms with Gasteiger partial charge in [0.25, 0.3) is 0 Å². The van der Waals surface area contributed by atoms with Crippen molar-refractivity contribution in [3.05, 3.63) is 0 Å².